The lowest BCUT2D eigenvalue weighted by atomic mass is 10.0. The first kappa shape index (κ1) is 17.2. The van der Waals surface area contributed by atoms with Crippen molar-refractivity contribution in [1.82, 2.24) is 14.9 Å². The second-order valence-corrected chi connectivity index (χ2v) is 6.57. The average Bonchev–Trinajstić information content (AvgIpc) is 3.28. The summed E-state index contributed by atoms with van der Waals surface area (Å²) in [5.74, 6) is 0.603. The SMILES string of the molecule is O=C(c1ccccc1OC(c1cccnc1)c1cccnc1)N1CCCC1. The van der Waals surface area contributed by atoms with Gasteiger partial charge in [-0.3, -0.25) is 14.8 Å². The number of hydrogen-bond acceptors (Lipinski definition) is 4. The van der Waals surface area contributed by atoms with Gasteiger partial charge in [0.25, 0.3) is 5.91 Å². The molecule has 136 valence electrons. The maximum Gasteiger partial charge on any atom is 0.257 e. The molecule has 0 radical (unpaired) electrons. The van der Waals surface area contributed by atoms with E-state index in [0.717, 1.165) is 37.1 Å². The van der Waals surface area contributed by atoms with E-state index in [0.29, 0.717) is 11.3 Å². The standard InChI is InChI=1S/C22H21N3O2/c26-22(25-13-3-4-14-25)19-9-1-2-10-20(19)27-21(17-7-5-11-23-15-17)18-8-6-12-24-16-18/h1-2,5-12,15-16,21H,3-4,13-14H2. The first-order valence-electron chi connectivity index (χ1n) is 9.18. The Morgan fingerprint density at radius 2 is 1.52 bits per heavy atom. The van der Waals surface area contributed by atoms with Crippen molar-refractivity contribution in [1.29, 1.82) is 0 Å². The molecule has 5 nitrogen and oxygen atoms in total. The zero-order valence-electron chi connectivity index (χ0n) is 15.0. The highest BCUT2D eigenvalue weighted by Crippen LogP contribution is 2.31. The van der Waals surface area contributed by atoms with Gasteiger partial charge in [-0.1, -0.05) is 24.3 Å². The molecule has 1 saturated heterocycles. The van der Waals surface area contributed by atoms with Crippen molar-refractivity contribution < 1.29 is 9.53 Å². The Labute approximate surface area is 158 Å². The highest BCUT2D eigenvalue weighted by molar-refractivity contribution is 5.97. The van der Waals surface area contributed by atoms with Crippen LogP contribution in [0.15, 0.2) is 73.3 Å². The van der Waals surface area contributed by atoms with Crippen LogP contribution in [0.25, 0.3) is 0 Å². The molecule has 4 rings (SSSR count). The van der Waals surface area contributed by atoms with E-state index in [4.69, 9.17) is 4.74 Å². The Morgan fingerprint density at radius 1 is 0.889 bits per heavy atom. The fourth-order valence-corrected chi connectivity index (χ4v) is 3.35. The molecule has 1 fully saturated rings. The van der Waals surface area contributed by atoms with Crippen LogP contribution in [0, 0.1) is 0 Å². The summed E-state index contributed by atoms with van der Waals surface area (Å²) in [6.45, 7) is 1.61. The predicted molar refractivity (Wildman–Crippen MR) is 103 cm³/mol. The summed E-state index contributed by atoms with van der Waals surface area (Å²) in [7, 11) is 0. The lowest BCUT2D eigenvalue weighted by Gasteiger charge is -2.23. The van der Waals surface area contributed by atoms with Gasteiger partial charge >= 0.3 is 0 Å². The molecule has 1 aromatic carbocycles. The van der Waals surface area contributed by atoms with Crippen molar-refractivity contribution in [3.63, 3.8) is 0 Å². The number of amides is 1. The zero-order chi connectivity index (χ0) is 18.5. The second kappa shape index (κ2) is 7.99. The van der Waals surface area contributed by atoms with Crippen molar-refractivity contribution in [3.05, 3.63) is 90.0 Å². The molecule has 2 aromatic heterocycles. The summed E-state index contributed by atoms with van der Waals surface area (Å²) < 4.78 is 6.37. The molecule has 5 heteroatoms. The quantitative estimate of drug-likeness (QED) is 0.694. The van der Waals surface area contributed by atoms with E-state index in [9.17, 15) is 4.79 Å². The van der Waals surface area contributed by atoms with Crippen LogP contribution in [-0.4, -0.2) is 33.9 Å². The smallest absolute Gasteiger partial charge is 0.257 e. The predicted octanol–water partition coefficient (Wildman–Crippen LogP) is 3.88. The zero-order valence-corrected chi connectivity index (χ0v) is 15.0. The Balaban J connectivity index is 1.69. The van der Waals surface area contributed by atoms with Crippen molar-refractivity contribution in [2.24, 2.45) is 0 Å². The number of pyridine rings is 2. The molecule has 1 aliphatic rings. The van der Waals surface area contributed by atoms with Gasteiger partial charge in [-0.2, -0.15) is 0 Å². The van der Waals surface area contributed by atoms with Crippen LogP contribution >= 0.6 is 0 Å². The maximum absolute atomic E-state index is 12.9. The fourth-order valence-electron chi connectivity index (χ4n) is 3.35. The lowest BCUT2D eigenvalue weighted by Crippen LogP contribution is -2.28. The van der Waals surface area contributed by atoms with Gasteiger partial charge in [0.05, 0.1) is 5.56 Å². The first-order valence-corrected chi connectivity index (χ1v) is 9.18. The summed E-state index contributed by atoms with van der Waals surface area (Å²) in [6.07, 6.45) is 8.75. The maximum atomic E-state index is 12.9. The van der Waals surface area contributed by atoms with Crippen LogP contribution in [0.2, 0.25) is 0 Å². The van der Waals surface area contributed by atoms with Gasteiger partial charge in [0.2, 0.25) is 0 Å². The first-order chi connectivity index (χ1) is 13.3. The summed E-state index contributed by atoms with van der Waals surface area (Å²) in [4.78, 5) is 23.3. The van der Waals surface area contributed by atoms with Crippen LogP contribution in [0.3, 0.4) is 0 Å². The molecule has 0 aliphatic carbocycles. The van der Waals surface area contributed by atoms with Gasteiger partial charge in [-0.05, 0) is 37.1 Å². The van der Waals surface area contributed by atoms with E-state index in [1.165, 1.54) is 0 Å². The van der Waals surface area contributed by atoms with Crippen molar-refractivity contribution >= 4 is 5.91 Å². The van der Waals surface area contributed by atoms with Gasteiger partial charge in [0, 0.05) is 49.0 Å². The van der Waals surface area contributed by atoms with Gasteiger partial charge in [0.15, 0.2) is 6.10 Å². The Hall–Kier alpha value is -3.21. The van der Waals surface area contributed by atoms with Crippen LogP contribution in [0.4, 0.5) is 0 Å². The molecule has 0 atom stereocenters. The van der Waals surface area contributed by atoms with Gasteiger partial charge in [0.1, 0.15) is 5.75 Å². The van der Waals surface area contributed by atoms with E-state index < -0.39 is 0 Å². The summed E-state index contributed by atoms with van der Waals surface area (Å²) in [6, 6.07) is 15.1. The third-order valence-electron chi connectivity index (χ3n) is 4.73. The minimum Gasteiger partial charge on any atom is -0.480 e. The van der Waals surface area contributed by atoms with Crippen LogP contribution < -0.4 is 4.74 Å². The molecule has 0 bridgehead atoms. The second-order valence-electron chi connectivity index (χ2n) is 6.57. The lowest BCUT2D eigenvalue weighted by molar-refractivity contribution is 0.0786. The van der Waals surface area contributed by atoms with E-state index in [-0.39, 0.29) is 12.0 Å². The number of carbonyl (C=O) groups is 1. The number of benzene rings is 1. The van der Waals surface area contributed by atoms with E-state index in [2.05, 4.69) is 9.97 Å². The topological polar surface area (TPSA) is 55.3 Å². The van der Waals surface area contributed by atoms with Gasteiger partial charge in [-0.25, -0.2) is 0 Å². The largest absolute Gasteiger partial charge is 0.480 e. The monoisotopic (exact) mass is 359 g/mol. The highest BCUT2D eigenvalue weighted by atomic mass is 16.5. The number of likely N-dealkylation sites (tertiary alicyclic amines) is 1. The Bertz CT molecular complexity index is 854. The fraction of sp³-hybridized carbons (Fsp3) is 0.227. The molecule has 3 aromatic rings. The Kier molecular flexibility index (Phi) is 5.10. The number of hydrogen-bond donors (Lipinski definition) is 0. The number of nitrogens with zero attached hydrogens (tertiary/aromatic N) is 3. The molecule has 3 heterocycles. The number of carbonyl (C=O) groups excluding carboxylic acids is 1. The van der Waals surface area contributed by atoms with Crippen LogP contribution in [-0.2, 0) is 0 Å². The van der Waals surface area contributed by atoms with Crippen LogP contribution in [0.5, 0.6) is 5.75 Å². The van der Waals surface area contributed by atoms with E-state index >= 15 is 0 Å². The molecular formula is C22H21N3O2. The number of para-hydroxylation sites is 1. The highest BCUT2D eigenvalue weighted by Gasteiger charge is 2.24. The van der Waals surface area contributed by atoms with E-state index in [1.807, 2.05) is 53.4 Å². The minimum atomic E-state index is -0.389. The third-order valence-corrected chi connectivity index (χ3v) is 4.73. The molecule has 0 spiro atoms. The van der Waals surface area contributed by atoms with E-state index in [1.54, 1.807) is 24.8 Å². The number of rotatable bonds is 5. The van der Waals surface area contributed by atoms with Gasteiger partial charge < -0.3 is 9.64 Å². The Morgan fingerprint density at radius 3 is 2.11 bits per heavy atom. The van der Waals surface area contributed by atoms with Gasteiger partial charge in [-0.15, -0.1) is 0 Å². The third kappa shape index (κ3) is 3.82. The summed E-state index contributed by atoms with van der Waals surface area (Å²) in [5, 5.41) is 0. The molecule has 1 amide bonds. The molecular weight excluding hydrogens is 338 g/mol. The van der Waals surface area contributed by atoms with Crippen LogP contribution in [0.1, 0.15) is 40.4 Å². The molecule has 27 heavy (non-hydrogen) atoms. The molecule has 0 saturated carbocycles. The molecule has 1 aliphatic heterocycles. The van der Waals surface area contributed by atoms with Crippen molar-refractivity contribution in [3.8, 4) is 5.75 Å². The average molecular weight is 359 g/mol. The minimum absolute atomic E-state index is 0.0271. The number of ether oxygens (including phenoxy) is 1. The van der Waals surface area contributed by atoms with Crippen molar-refractivity contribution in [2.75, 3.05) is 13.1 Å². The number of aromatic nitrogens is 2. The normalized spacial score (nSPS) is 13.7. The summed E-state index contributed by atoms with van der Waals surface area (Å²) in [5.41, 5.74) is 2.42. The molecule has 0 unspecified atom stereocenters. The molecule has 0 N–H and O–H groups in total. The van der Waals surface area contributed by atoms with Crippen molar-refractivity contribution in [2.45, 2.75) is 18.9 Å². The summed E-state index contributed by atoms with van der Waals surface area (Å²) >= 11 is 0.